The van der Waals surface area contributed by atoms with Crippen LogP contribution in [0.2, 0.25) is 0 Å². The van der Waals surface area contributed by atoms with Gasteiger partial charge in [0, 0.05) is 23.0 Å². The van der Waals surface area contributed by atoms with Crippen molar-refractivity contribution < 1.29 is 4.21 Å². The average molecular weight is 277 g/mol. The molecule has 0 radical (unpaired) electrons. The fourth-order valence-corrected chi connectivity index (χ4v) is 1.98. The Morgan fingerprint density at radius 1 is 1.05 bits per heavy atom. The van der Waals surface area contributed by atoms with Gasteiger partial charge in [-0.2, -0.15) is 0 Å². The van der Waals surface area contributed by atoms with Crippen molar-refractivity contribution in [1.82, 2.24) is 4.98 Å². The van der Waals surface area contributed by atoms with Crippen LogP contribution in [0.1, 0.15) is 26.3 Å². The predicted molar refractivity (Wildman–Crippen MR) is 83.7 cm³/mol. The van der Waals surface area contributed by atoms with E-state index in [4.69, 9.17) is 0 Å². The van der Waals surface area contributed by atoms with Crippen molar-refractivity contribution in [3.05, 3.63) is 60.4 Å². The van der Waals surface area contributed by atoms with Gasteiger partial charge < -0.3 is 0 Å². The normalized spacial score (nSPS) is 10.3. The van der Waals surface area contributed by atoms with Crippen molar-refractivity contribution in [3.63, 3.8) is 0 Å². The number of rotatable bonds is 2. The molecule has 0 bridgehead atoms. The van der Waals surface area contributed by atoms with E-state index in [0.717, 1.165) is 4.90 Å². The third kappa shape index (κ3) is 8.27. The highest BCUT2D eigenvalue weighted by atomic mass is 32.2. The van der Waals surface area contributed by atoms with Crippen molar-refractivity contribution in [1.29, 1.82) is 0 Å². The number of aryl methyl sites for hydroxylation is 1. The van der Waals surface area contributed by atoms with Crippen LogP contribution in [0.3, 0.4) is 0 Å². The van der Waals surface area contributed by atoms with Crippen molar-refractivity contribution in [2.75, 3.05) is 5.75 Å². The van der Waals surface area contributed by atoms with Crippen molar-refractivity contribution in [2.45, 2.75) is 32.6 Å². The molecule has 2 nitrogen and oxygen atoms in total. The molecule has 0 saturated heterocycles. The van der Waals surface area contributed by atoms with Gasteiger partial charge in [0.05, 0.1) is 10.8 Å². The molecule has 0 fully saturated rings. The lowest BCUT2D eigenvalue weighted by Gasteiger charge is -1.95. The summed E-state index contributed by atoms with van der Waals surface area (Å²) >= 11 is 0. The number of hydrogen-bond donors (Lipinski definition) is 0. The third-order valence-electron chi connectivity index (χ3n) is 2.08. The zero-order chi connectivity index (χ0) is 14.5. The maximum Gasteiger partial charge on any atom is 0.0526 e. The largest absolute Gasteiger partial charge is 0.264 e. The zero-order valence-electron chi connectivity index (χ0n) is 12.2. The molecule has 104 valence electrons. The summed E-state index contributed by atoms with van der Waals surface area (Å²) < 4.78 is 11.1. The Hall–Kier alpha value is -1.48. The van der Waals surface area contributed by atoms with Gasteiger partial charge in [-0.3, -0.25) is 9.19 Å². The molecule has 3 heteroatoms. The fourth-order valence-electron chi connectivity index (χ4n) is 1.19. The molecule has 1 aromatic carbocycles. The second kappa shape index (κ2) is 11.6. The standard InChI is InChI=1S/C8H10OS.C6H7N.C2H6/c1-2-10(9)8-6-4-3-5-7-8;1-6-3-2-4-7-5-6;1-2/h3-7H,2H2,1H3;2-5H,1H3;1-2H3. The second-order valence-corrected chi connectivity index (χ2v) is 5.22. The number of benzene rings is 1. The van der Waals surface area contributed by atoms with Gasteiger partial charge in [-0.15, -0.1) is 0 Å². The molecule has 0 amide bonds. The molecule has 1 atom stereocenters. The lowest BCUT2D eigenvalue weighted by atomic mass is 10.3. The molecule has 0 saturated carbocycles. The third-order valence-corrected chi connectivity index (χ3v) is 3.40. The monoisotopic (exact) mass is 277 g/mol. The van der Waals surface area contributed by atoms with Crippen molar-refractivity contribution in [3.8, 4) is 0 Å². The molecule has 19 heavy (non-hydrogen) atoms. The van der Waals surface area contributed by atoms with Crippen LogP contribution in [-0.2, 0) is 10.8 Å². The Morgan fingerprint density at radius 3 is 2.05 bits per heavy atom. The molecular formula is C16H23NOS. The van der Waals surface area contributed by atoms with E-state index in [2.05, 4.69) is 4.98 Å². The summed E-state index contributed by atoms with van der Waals surface area (Å²) in [5, 5.41) is 0. The average Bonchev–Trinajstić information content (AvgIpc) is 2.51. The number of pyridine rings is 1. The Labute approximate surface area is 119 Å². The first-order valence-electron chi connectivity index (χ1n) is 6.54. The molecule has 2 aromatic rings. The topological polar surface area (TPSA) is 30.0 Å². The van der Waals surface area contributed by atoms with Gasteiger partial charge in [0.25, 0.3) is 0 Å². The molecule has 0 aliphatic carbocycles. The fraction of sp³-hybridized carbons (Fsp3) is 0.312. The van der Waals surface area contributed by atoms with E-state index in [0.29, 0.717) is 5.75 Å². The van der Waals surface area contributed by atoms with Gasteiger partial charge >= 0.3 is 0 Å². The summed E-state index contributed by atoms with van der Waals surface area (Å²) in [7, 11) is -0.790. The maximum absolute atomic E-state index is 11.1. The van der Waals surface area contributed by atoms with E-state index in [1.165, 1.54) is 5.56 Å². The van der Waals surface area contributed by atoms with E-state index >= 15 is 0 Å². The molecule has 0 aliphatic heterocycles. The number of aromatic nitrogens is 1. The smallest absolute Gasteiger partial charge is 0.0526 e. The molecule has 0 aliphatic rings. The summed E-state index contributed by atoms with van der Waals surface area (Å²) in [5.74, 6) is 0.698. The lowest BCUT2D eigenvalue weighted by molar-refractivity contribution is 0.684. The Morgan fingerprint density at radius 2 is 1.68 bits per heavy atom. The number of nitrogens with zero attached hydrogens (tertiary/aromatic N) is 1. The van der Waals surface area contributed by atoms with E-state index < -0.39 is 10.8 Å². The van der Waals surface area contributed by atoms with Gasteiger partial charge in [0.1, 0.15) is 0 Å². The van der Waals surface area contributed by atoms with Crippen LogP contribution in [0.25, 0.3) is 0 Å². The van der Waals surface area contributed by atoms with E-state index in [9.17, 15) is 4.21 Å². The van der Waals surface area contributed by atoms with E-state index in [1.54, 1.807) is 6.20 Å². The first kappa shape index (κ1) is 17.5. The van der Waals surface area contributed by atoms with Gasteiger partial charge in [0.15, 0.2) is 0 Å². The van der Waals surface area contributed by atoms with Gasteiger partial charge in [-0.05, 0) is 30.7 Å². The van der Waals surface area contributed by atoms with E-state index in [1.807, 2.05) is 76.4 Å². The highest BCUT2D eigenvalue weighted by molar-refractivity contribution is 7.85. The van der Waals surface area contributed by atoms with Crippen LogP contribution in [0, 0.1) is 6.92 Å². The highest BCUT2D eigenvalue weighted by Gasteiger charge is 1.96. The van der Waals surface area contributed by atoms with Crippen molar-refractivity contribution in [2.24, 2.45) is 0 Å². The second-order valence-electron chi connectivity index (χ2n) is 3.48. The minimum Gasteiger partial charge on any atom is -0.264 e. The molecule has 1 unspecified atom stereocenters. The van der Waals surface area contributed by atoms with Crippen molar-refractivity contribution >= 4 is 10.8 Å². The summed E-state index contributed by atoms with van der Waals surface area (Å²) in [6.07, 6.45) is 3.60. The maximum atomic E-state index is 11.1. The van der Waals surface area contributed by atoms with Gasteiger partial charge in [0.2, 0.25) is 0 Å². The molecule has 1 heterocycles. The molecule has 2 rings (SSSR count). The summed E-state index contributed by atoms with van der Waals surface area (Å²) in [6, 6.07) is 13.5. The van der Waals surface area contributed by atoms with E-state index in [-0.39, 0.29) is 0 Å². The van der Waals surface area contributed by atoms with Gasteiger partial charge in [-0.1, -0.05) is 45.0 Å². The first-order chi connectivity index (χ1) is 9.24. The summed E-state index contributed by atoms with van der Waals surface area (Å²) in [5.41, 5.74) is 1.21. The zero-order valence-corrected chi connectivity index (χ0v) is 13.0. The Kier molecular flexibility index (Phi) is 10.7. The van der Waals surface area contributed by atoms with Crippen LogP contribution < -0.4 is 0 Å². The SMILES string of the molecule is CC.CCS(=O)c1ccccc1.Cc1cccnc1. The predicted octanol–water partition coefficient (Wildman–Crippen LogP) is 4.23. The summed E-state index contributed by atoms with van der Waals surface area (Å²) in [6.45, 7) is 7.94. The Bertz CT molecular complexity index is 443. The molecular weight excluding hydrogens is 254 g/mol. The molecule has 1 aromatic heterocycles. The molecule has 0 spiro atoms. The number of hydrogen-bond acceptors (Lipinski definition) is 2. The van der Waals surface area contributed by atoms with Gasteiger partial charge in [-0.25, -0.2) is 0 Å². The van der Waals surface area contributed by atoms with Crippen LogP contribution >= 0.6 is 0 Å². The quantitative estimate of drug-likeness (QED) is 0.822. The Balaban J connectivity index is 0.000000316. The van der Waals surface area contributed by atoms with Crippen LogP contribution in [0.4, 0.5) is 0 Å². The highest BCUT2D eigenvalue weighted by Crippen LogP contribution is 2.03. The van der Waals surface area contributed by atoms with Crippen LogP contribution in [-0.4, -0.2) is 14.9 Å². The first-order valence-corrected chi connectivity index (χ1v) is 7.86. The van der Waals surface area contributed by atoms with Crippen LogP contribution in [0.15, 0.2) is 59.8 Å². The minimum absolute atomic E-state index is 0.698. The minimum atomic E-state index is -0.790. The lowest BCUT2D eigenvalue weighted by Crippen LogP contribution is -1.92. The molecule has 0 N–H and O–H groups in total. The summed E-state index contributed by atoms with van der Waals surface area (Å²) in [4.78, 5) is 4.81. The van der Waals surface area contributed by atoms with Crippen LogP contribution in [0.5, 0.6) is 0 Å².